The van der Waals surface area contributed by atoms with Crippen LogP contribution >= 0.6 is 24.0 Å². The summed E-state index contributed by atoms with van der Waals surface area (Å²) >= 11 is 6.03. The van der Waals surface area contributed by atoms with Crippen LogP contribution in [0.3, 0.4) is 0 Å². The second-order valence-corrected chi connectivity index (χ2v) is 12.4. The lowest BCUT2D eigenvalue weighted by Crippen LogP contribution is -2.48. The molecule has 48 heavy (non-hydrogen) atoms. The van der Waals surface area contributed by atoms with Gasteiger partial charge in [-0.15, -0.1) is 12.4 Å². The number of hydrogen-bond donors (Lipinski definition) is 5. The molecule has 4 rings (SSSR count). The number of likely N-dealkylation sites (tertiary alicyclic amines) is 1. The minimum atomic E-state index is -2.74. The third kappa shape index (κ3) is 10.0. The van der Waals surface area contributed by atoms with Crippen LogP contribution in [-0.4, -0.2) is 98.5 Å². The molecule has 1 aliphatic heterocycles. The van der Waals surface area contributed by atoms with Gasteiger partial charge in [-0.3, -0.25) is 14.4 Å². The van der Waals surface area contributed by atoms with E-state index in [1.807, 2.05) is 74.8 Å². The lowest BCUT2D eigenvalue weighted by molar-refractivity contribution is -0.170. The normalized spacial score (nSPS) is 14.4. The zero-order valence-corrected chi connectivity index (χ0v) is 28.4. The van der Waals surface area contributed by atoms with Gasteiger partial charge in [0.25, 0.3) is 0 Å². The first kappa shape index (κ1) is 40.2. The number of carboxylic acid groups (broad SMARTS) is 3. The molecule has 1 fully saturated rings. The lowest BCUT2D eigenvalue weighted by Gasteiger charge is -2.41. The van der Waals surface area contributed by atoms with Crippen LogP contribution in [0, 0.1) is 0 Å². The van der Waals surface area contributed by atoms with Gasteiger partial charge in [-0.1, -0.05) is 84.4 Å². The predicted octanol–water partition coefficient (Wildman–Crippen LogP) is 4.26. The first-order valence-corrected chi connectivity index (χ1v) is 15.4. The van der Waals surface area contributed by atoms with Crippen LogP contribution in [0.5, 0.6) is 0 Å². The number of carbonyl (C=O) groups excluding carboxylic acids is 1. The largest absolute Gasteiger partial charge is 0.481 e. The van der Waals surface area contributed by atoms with Gasteiger partial charge >= 0.3 is 17.9 Å². The molecule has 11 nitrogen and oxygen atoms in total. The maximum absolute atomic E-state index is 13.8. The maximum Gasteiger partial charge on any atom is 0.336 e. The van der Waals surface area contributed by atoms with E-state index in [-0.39, 0.29) is 18.3 Å². The first-order chi connectivity index (χ1) is 22.1. The van der Waals surface area contributed by atoms with Gasteiger partial charge in [0.1, 0.15) is 5.41 Å². The number of carboxylic acids is 3. The van der Waals surface area contributed by atoms with Crippen LogP contribution in [0.15, 0.2) is 84.9 Å². The van der Waals surface area contributed by atoms with Gasteiger partial charge in [0.2, 0.25) is 5.91 Å². The minimum Gasteiger partial charge on any atom is -0.481 e. The van der Waals surface area contributed by atoms with E-state index in [0.29, 0.717) is 24.3 Å². The summed E-state index contributed by atoms with van der Waals surface area (Å²) in [5.41, 5.74) is -1.41. The van der Waals surface area contributed by atoms with E-state index in [1.165, 1.54) is 0 Å². The Labute approximate surface area is 290 Å². The highest BCUT2D eigenvalue weighted by Gasteiger charge is 2.44. The van der Waals surface area contributed by atoms with E-state index in [1.54, 1.807) is 4.90 Å². The van der Waals surface area contributed by atoms with E-state index in [2.05, 4.69) is 29.2 Å². The maximum atomic E-state index is 13.8. The molecule has 5 N–H and O–H groups in total. The Kier molecular flexibility index (Phi) is 14.6. The molecule has 1 aliphatic rings. The quantitative estimate of drug-likeness (QED) is 0.183. The molecule has 13 heteroatoms. The second kappa shape index (κ2) is 17.4. The highest BCUT2D eigenvalue weighted by atomic mass is 35.5. The number of carbonyl (C=O) groups is 4. The fourth-order valence-corrected chi connectivity index (χ4v) is 6.00. The summed E-state index contributed by atoms with van der Waals surface area (Å²) < 4.78 is 0. The van der Waals surface area contributed by atoms with E-state index in [9.17, 15) is 24.3 Å². The lowest BCUT2D eigenvalue weighted by atomic mass is 9.70. The average Bonchev–Trinajstić information content (AvgIpc) is 3.03. The number of hydrogen-bond acceptors (Lipinski definition) is 7. The third-order valence-corrected chi connectivity index (χ3v) is 8.71. The molecular formula is C35H42Cl2N2O9. The molecule has 0 bridgehead atoms. The Balaban J connectivity index is 0.000000488. The zero-order valence-electron chi connectivity index (χ0n) is 26.8. The summed E-state index contributed by atoms with van der Waals surface area (Å²) in [6.07, 6.45) is -0.319. The highest BCUT2D eigenvalue weighted by Crippen LogP contribution is 2.39. The Bertz CT molecular complexity index is 1460. The number of rotatable bonds is 12. The van der Waals surface area contributed by atoms with E-state index < -0.39 is 47.4 Å². The summed E-state index contributed by atoms with van der Waals surface area (Å²) in [7, 11) is 3.66. The van der Waals surface area contributed by atoms with Crippen molar-refractivity contribution in [1.29, 1.82) is 0 Å². The smallest absolute Gasteiger partial charge is 0.336 e. The van der Waals surface area contributed by atoms with Gasteiger partial charge in [-0.2, -0.15) is 0 Å². The molecular weight excluding hydrogens is 663 g/mol. The van der Waals surface area contributed by atoms with Gasteiger partial charge < -0.3 is 35.3 Å². The standard InChI is InChI=1S/C29H33ClN2O2.C6H8O7.ClH/c1-31(2)27(33)29(24-9-5-3-6-10-24,25-11-7-4-8-12-25)19-22-32-20-17-28(34,18-21-32)23-13-15-26(30)16-14-23;7-3(8)1-6(13,5(11)12)2-4(9)10;/h3-16,34H,17-22H2,1-2H3;13H,1-2H2,(H,7,8)(H,9,10)(H,11,12);1H. The van der Waals surface area contributed by atoms with Crippen molar-refractivity contribution < 1.29 is 44.7 Å². The first-order valence-electron chi connectivity index (χ1n) is 15.1. The SMILES string of the molecule is CN(C)C(=O)C(CCN1CCC(O)(c2ccc(Cl)cc2)CC1)(c1ccccc1)c1ccccc1.Cl.O=C(O)CC(O)(CC(=O)O)C(=O)O. The van der Waals surface area contributed by atoms with Crippen molar-refractivity contribution in [2.75, 3.05) is 33.7 Å². The molecule has 260 valence electrons. The van der Waals surface area contributed by atoms with Crippen LogP contribution in [0.1, 0.15) is 48.8 Å². The molecule has 0 unspecified atom stereocenters. The third-order valence-electron chi connectivity index (χ3n) is 8.46. The zero-order chi connectivity index (χ0) is 34.8. The molecule has 3 aromatic rings. The molecule has 0 saturated carbocycles. The van der Waals surface area contributed by atoms with Crippen molar-refractivity contribution in [3.05, 3.63) is 107 Å². The number of aliphatic hydroxyl groups is 2. The minimum absolute atomic E-state index is 0. The van der Waals surface area contributed by atoms with Crippen LogP contribution in [0.4, 0.5) is 0 Å². The topological polar surface area (TPSA) is 176 Å². The summed E-state index contributed by atoms with van der Waals surface area (Å²) in [6.45, 7) is 2.31. The van der Waals surface area contributed by atoms with Crippen molar-refractivity contribution in [2.45, 2.75) is 48.7 Å². The van der Waals surface area contributed by atoms with E-state index in [0.717, 1.165) is 36.3 Å². The average molecular weight is 706 g/mol. The van der Waals surface area contributed by atoms with Crippen LogP contribution in [-0.2, 0) is 30.2 Å². The molecule has 0 aliphatic carbocycles. The molecule has 0 aromatic heterocycles. The van der Waals surface area contributed by atoms with Crippen LogP contribution < -0.4 is 0 Å². The number of piperidine rings is 1. The number of likely N-dealkylation sites (N-methyl/N-ethyl adjacent to an activating group) is 1. The number of amides is 1. The van der Waals surface area contributed by atoms with E-state index >= 15 is 0 Å². The Morgan fingerprint density at radius 2 is 1.23 bits per heavy atom. The van der Waals surface area contributed by atoms with Gasteiger partial charge in [-0.25, -0.2) is 4.79 Å². The Morgan fingerprint density at radius 1 is 0.792 bits per heavy atom. The number of aliphatic carboxylic acids is 3. The summed E-state index contributed by atoms with van der Waals surface area (Å²) in [5, 5.41) is 45.8. The van der Waals surface area contributed by atoms with Crippen molar-refractivity contribution in [2.24, 2.45) is 0 Å². The monoisotopic (exact) mass is 704 g/mol. The van der Waals surface area contributed by atoms with Crippen LogP contribution in [0.25, 0.3) is 0 Å². The van der Waals surface area contributed by atoms with Gasteiger partial charge in [0.15, 0.2) is 5.60 Å². The van der Waals surface area contributed by atoms with Crippen molar-refractivity contribution in [3.63, 3.8) is 0 Å². The van der Waals surface area contributed by atoms with Crippen molar-refractivity contribution in [3.8, 4) is 0 Å². The summed E-state index contributed by atoms with van der Waals surface area (Å²) in [5.74, 6) is -4.94. The van der Waals surface area contributed by atoms with Gasteiger partial charge in [-0.05, 0) is 54.6 Å². The van der Waals surface area contributed by atoms with Crippen LogP contribution in [0.2, 0.25) is 5.02 Å². The fourth-order valence-electron chi connectivity index (χ4n) is 5.87. The highest BCUT2D eigenvalue weighted by molar-refractivity contribution is 6.30. The molecule has 0 spiro atoms. The molecule has 1 saturated heterocycles. The molecule has 1 amide bonds. The molecule has 0 atom stereocenters. The molecule has 1 heterocycles. The Hall–Kier alpha value is -4.00. The summed E-state index contributed by atoms with van der Waals surface area (Å²) in [6, 6.07) is 27.7. The molecule has 0 radical (unpaired) electrons. The number of halogens is 2. The van der Waals surface area contributed by atoms with E-state index in [4.69, 9.17) is 32.0 Å². The fraction of sp³-hybridized carbons (Fsp3) is 0.371. The number of benzene rings is 3. The summed E-state index contributed by atoms with van der Waals surface area (Å²) in [4.78, 5) is 48.4. The number of nitrogens with zero attached hydrogens (tertiary/aromatic N) is 2. The Morgan fingerprint density at radius 3 is 1.60 bits per heavy atom. The van der Waals surface area contributed by atoms with Crippen molar-refractivity contribution >= 4 is 47.8 Å². The molecule has 3 aromatic carbocycles. The van der Waals surface area contributed by atoms with Gasteiger partial charge in [0, 0.05) is 32.2 Å². The van der Waals surface area contributed by atoms with Crippen molar-refractivity contribution in [1.82, 2.24) is 9.80 Å². The van der Waals surface area contributed by atoms with Gasteiger partial charge in [0.05, 0.1) is 18.4 Å². The predicted molar refractivity (Wildman–Crippen MR) is 182 cm³/mol. The second-order valence-electron chi connectivity index (χ2n) is 11.9.